The molecular weight excluding hydrogens is 264 g/mol. The summed E-state index contributed by atoms with van der Waals surface area (Å²) in [7, 11) is 1.46. The third-order valence-electron chi connectivity index (χ3n) is 2.60. The lowest BCUT2D eigenvalue weighted by Crippen LogP contribution is -2.12. The van der Waals surface area contributed by atoms with Crippen LogP contribution in [0.2, 0.25) is 0 Å². The van der Waals surface area contributed by atoms with Crippen molar-refractivity contribution in [2.75, 3.05) is 18.2 Å². The van der Waals surface area contributed by atoms with Crippen LogP contribution in [0.15, 0.2) is 30.3 Å². The summed E-state index contributed by atoms with van der Waals surface area (Å²) in [5.74, 6) is -0.310. The smallest absolute Gasteiger partial charge is 0.321 e. The maximum atomic E-state index is 11.9. The Kier molecular flexibility index (Phi) is 3.56. The minimum atomic E-state index is -0.608. The molecular formula is C12H12N4O4. The molecule has 0 fully saturated rings. The minimum Gasteiger partial charge on any atom is -0.495 e. The van der Waals surface area contributed by atoms with Gasteiger partial charge in [0.05, 0.1) is 12.8 Å². The zero-order valence-corrected chi connectivity index (χ0v) is 10.5. The highest BCUT2D eigenvalue weighted by atomic mass is 16.6. The number of rotatable bonds is 4. The number of carbonyl (C=O) groups is 1. The van der Waals surface area contributed by atoms with E-state index in [1.807, 2.05) is 0 Å². The molecule has 1 aromatic heterocycles. The summed E-state index contributed by atoms with van der Waals surface area (Å²) < 4.78 is 5.04. The number of amides is 1. The van der Waals surface area contributed by atoms with E-state index < -0.39 is 10.8 Å². The largest absolute Gasteiger partial charge is 0.495 e. The lowest BCUT2D eigenvalue weighted by atomic mass is 10.2. The van der Waals surface area contributed by atoms with Gasteiger partial charge in [0, 0.05) is 17.8 Å². The number of aromatic nitrogens is 1. The summed E-state index contributed by atoms with van der Waals surface area (Å²) in [6.45, 7) is 0. The predicted octanol–water partition coefficient (Wildman–Crippen LogP) is 1.77. The lowest BCUT2D eigenvalue weighted by Gasteiger charge is -2.07. The molecule has 20 heavy (non-hydrogen) atoms. The first-order valence-electron chi connectivity index (χ1n) is 5.59. The van der Waals surface area contributed by atoms with Gasteiger partial charge in [0.2, 0.25) is 0 Å². The highest BCUT2D eigenvalue weighted by Crippen LogP contribution is 2.25. The molecule has 2 aromatic rings. The molecule has 0 aliphatic rings. The molecule has 0 aliphatic heterocycles. The van der Waals surface area contributed by atoms with Crippen LogP contribution in [0, 0.1) is 10.1 Å². The number of carbonyl (C=O) groups excluding carboxylic acids is 1. The fourth-order valence-electron chi connectivity index (χ4n) is 1.61. The van der Waals surface area contributed by atoms with Crippen LogP contribution in [0.5, 0.6) is 5.75 Å². The van der Waals surface area contributed by atoms with Crippen LogP contribution in [0.3, 0.4) is 0 Å². The maximum absolute atomic E-state index is 11.9. The number of ether oxygens (including phenoxy) is 1. The van der Waals surface area contributed by atoms with Gasteiger partial charge in [0.1, 0.15) is 5.75 Å². The third kappa shape index (κ3) is 2.69. The number of anilines is 2. The standard InChI is InChI=1S/C12H12N4O4/c1-20-10-6-7(2-3-8(10)13)14-12(17)9-4-5-11(15-9)16(18)19/h2-6,15H,13H2,1H3,(H,14,17). The van der Waals surface area contributed by atoms with Crippen molar-refractivity contribution in [2.45, 2.75) is 0 Å². The number of aromatic amines is 1. The Morgan fingerprint density at radius 3 is 2.75 bits per heavy atom. The summed E-state index contributed by atoms with van der Waals surface area (Å²) in [5.41, 5.74) is 6.67. The van der Waals surface area contributed by atoms with E-state index in [-0.39, 0.29) is 11.5 Å². The van der Waals surface area contributed by atoms with Crippen molar-refractivity contribution in [3.05, 3.63) is 46.1 Å². The van der Waals surface area contributed by atoms with Crippen molar-refractivity contribution in [2.24, 2.45) is 0 Å². The van der Waals surface area contributed by atoms with Gasteiger partial charge in [-0.25, -0.2) is 4.98 Å². The van der Waals surface area contributed by atoms with E-state index >= 15 is 0 Å². The Morgan fingerprint density at radius 2 is 2.15 bits per heavy atom. The second-order valence-electron chi connectivity index (χ2n) is 3.93. The van der Waals surface area contributed by atoms with Crippen LogP contribution in [0.1, 0.15) is 10.5 Å². The fourth-order valence-corrected chi connectivity index (χ4v) is 1.61. The van der Waals surface area contributed by atoms with Gasteiger partial charge in [-0.3, -0.25) is 4.79 Å². The van der Waals surface area contributed by atoms with Gasteiger partial charge in [-0.05, 0) is 23.1 Å². The number of benzene rings is 1. The number of hydrogen-bond donors (Lipinski definition) is 3. The maximum Gasteiger partial charge on any atom is 0.321 e. The summed E-state index contributed by atoms with van der Waals surface area (Å²) in [6.07, 6.45) is 0. The first-order chi connectivity index (χ1) is 9.51. The Balaban J connectivity index is 2.16. The number of nitrogens with one attached hydrogen (secondary N) is 2. The molecule has 0 atom stereocenters. The highest BCUT2D eigenvalue weighted by molar-refractivity contribution is 6.03. The van der Waals surface area contributed by atoms with Gasteiger partial charge < -0.3 is 25.9 Å². The fraction of sp³-hybridized carbons (Fsp3) is 0.0833. The number of methoxy groups -OCH3 is 1. The molecule has 8 heteroatoms. The number of nitrogen functional groups attached to an aromatic ring is 1. The molecule has 8 nitrogen and oxygen atoms in total. The summed E-state index contributed by atoms with van der Waals surface area (Å²) in [5, 5.41) is 13.1. The molecule has 0 spiro atoms. The van der Waals surface area contributed by atoms with E-state index in [0.717, 1.165) is 0 Å². The summed E-state index contributed by atoms with van der Waals surface area (Å²) in [4.78, 5) is 24.2. The third-order valence-corrected chi connectivity index (χ3v) is 2.60. The summed E-state index contributed by atoms with van der Waals surface area (Å²) in [6, 6.07) is 7.31. The van der Waals surface area contributed by atoms with Crippen LogP contribution < -0.4 is 15.8 Å². The first kappa shape index (κ1) is 13.4. The van der Waals surface area contributed by atoms with E-state index in [9.17, 15) is 14.9 Å². The monoisotopic (exact) mass is 276 g/mol. The molecule has 0 unspecified atom stereocenters. The second kappa shape index (κ2) is 5.31. The zero-order valence-electron chi connectivity index (χ0n) is 10.5. The van der Waals surface area contributed by atoms with Gasteiger partial charge >= 0.3 is 5.82 Å². The Morgan fingerprint density at radius 1 is 1.40 bits per heavy atom. The molecule has 4 N–H and O–H groups in total. The van der Waals surface area contributed by atoms with E-state index in [1.165, 1.54) is 19.2 Å². The van der Waals surface area contributed by atoms with Crippen molar-refractivity contribution >= 4 is 23.1 Å². The molecule has 2 rings (SSSR count). The Bertz CT molecular complexity index is 665. The molecule has 0 bridgehead atoms. The SMILES string of the molecule is COc1cc(NC(=O)c2ccc([N+](=O)[O-])[nH]2)ccc1N. The lowest BCUT2D eigenvalue weighted by molar-refractivity contribution is -0.389. The van der Waals surface area contributed by atoms with Gasteiger partial charge in [-0.1, -0.05) is 0 Å². The molecule has 0 saturated heterocycles. The molecule has 1 aromatic carbocycles. The highest BCUT2D eigenvalue weighted by Gasteiger charge is 2.15. The van der Waals surface area contributed by atoms with Gasteiger partial charge in [0.25, 0.3) is 5.91 Å². The van der Waals surface area contributed by atoms with Gasteiger partial charge in [-0.2, -0.15) is 0 Å². The summed E-state index contributed by atoms with van der Waals surface area (Å²) >= 11 is 0. The van der Waals surface area contributed by atoms with Crippen LogP contribution in [-0.2, 0) is 0 Å². The van der Waals surface area contributed by atoms with Crippen LogP contribution in [-0.4, -0.2) is 22.9 Å². The van der Waals surface area contributed by atoms with E-state index in [1.54, 1.807) is 18.2 Å². The quantitative estimate of drug-likeness (QED) is 0.446. The van der Waals surface area contributed by atoms with Crippen molar-refractivity contribution < 1.29 is 14.5 Å². The van der Waals surface area contributed by atoms with Crippen LogP contribution in [0.25, 0.3) is 0 Å². The molecule has 0 aliphatic carbocycles. The molecule has 1 amide bonds. The molecule has 0 radical (unpaired) electrons. The number of hydrogen-bond acceptors (Lipinski definition) is 5. The zero-order chi connectivity index (χ0) is 14.7. The minimum absolute atomic E-state index is 0.0903. The number of nitrogens with two attached hydrogens (primary N) is 1. The van der Waals surface area contributed by atoms with Crippen LogP contribution in [0.4, 0.5) is 17.2 Å². The average Bonchev–Trinajstić information content (AvgIpc) is 2.91. The average molecular weight is 276 g/mol. The van der Waals surface area contributed by atoms with E-state index in [2.05, 4.69) is 10.3 Å². The normalized spacial score (nSPS) is 10.1. The van der Waals surface area contributed by atoms with Gasteiger partial charge in [0.15, 0.2) is 5.69 Å². The van der Waals surface area contributed by atoms with Crippen LogP contribution >= 0.6 is 0 Å². The Labute approximate surface area is 113 Å². The van der Waals surface area contributed by atoms with E-state index in [4.69, 9.17) is 10.5 Å². The number of nitrogens with zero attached hydrogens (tertiary/aromatic N) is 1. The number of H-pyrrole nitrogens is 1. The number of nitro groups is 1. The molecule has 104 valence electrons. The topological polar surface area (TPSA) is 123 Å². The molecule has 1 heterocycles. The van der Waals surface area contributed by atoms with E-state index in [0.29, 0.717) is 17.1 Å². The Hall–Kier alpha value is -3.03. The van der Waals surface area contributed by atoms with Crippen molar-refractivity contribution in [1.82, 2.24) is 4.98 Å². The second-order valence-corrected chi connectivity index (χ2v) is 3.93. The molecule has 0 saturated carbocycles. The van der Waals surface area contributed by atoms with Crippen molar-refractivity contribution in [3.8, 4) is 5.75 Å². The first-order valence-corrected chi connectivity index (χ1v) is 5.59. The van der Waals surface area contributed by atoms with Gasteiger partial charge in [-0.15, -0.1) is 0 Å². The van der Waals surface area contributed by atoms with Crippen molar-refractivity contribution in [1.29, 1.82) is 0 Å². The predicted molar refractivity (Wildman–Crippen MR) is 72.8 cm³/mol. The van der Waals surface area contributed by atoms with Crippen molar-refractivity contribution in [3.63, 3.8) is 0 Å².